The highest BCUT2D eigenvalue weighted by Gasteiger charge is 2.50. The van der Waals surface area contributed by atoms with Crippen molar-refractivity contribution in [3.05, 3.63) is 11.4 Å². The number of piperidine rings is 1. The highest BCUT2D eigenvalue weighted by Crippen LogP contribution is 2.56. The minimum Gasteiger partial charge on any atom is -0.401 e. The fourth-order valence-electron chi connectivity index (χ4n) is 16.5. The van der Waals surface area contributed by atoms with Crippen LogP contribution < -0.4 is 48.3 Å². The monoisotopic (exact) mass is 1830 g/mol. The lowest BCUT2D eigenvalue weighted by Crippen LogP contribution is -2.64. The van der Waals surface area contributed by atoms with Crippen molar-refractivity contribution in [3.8, 4) is 0 Å². The molecule has 0 aromatic carbocycles. The molecular formula is C85H153N10O30P. The maximum atomic E-state index is 14.7. The van der Waals surface area contributed by atoms with Crippen LogP contribution in [0.5, 0.6) is 0 Å². The molecule has 0 radical (unpaired) electrons. The number of hydrogen-bond donors (Lipinski definition) is 18. The number of allylic oxidation sites excluding steroid dienone is 2. The Morgan fingerprint density at radius 2 is 0.825 bits per heavy atom. The summed E-state index contributed by atoms with van der Waals surface area (Å²) in [6, 6.07) is -3.19. The zero-order valence-electron chi connectivity index (χ0n) is 74.7. The Morgan fingerprint density at radius 3 is 1.24 bits per heavy atom. The number of nitrogens with zero attached hydrogens (tertiary/aromatic N) is 1. The molecule has 19 N–H and O–H groups in total. The standard InChI is InChI=1S/C85H153N10O30P/c1-56(99)91-72-78(109)75(106)65(50-96)123-82(72)119-39-18-11-7-15-33-88-68(102)29-43-116-53-85(54-117-44-30-69(103)89-34-16-8-12-19-40-120-83-73(92-57(2)100)79(110)76(107)66(51-97)124-83,55-118-45-31-70(104)90-35-17-9-13-20-41-121-84-74(93-58(3)101)80(111)77(108)67(52-98)125-84)94-81(112)59-27-37-95(38-28-59)71(105)32-46-114-48-49-115-47-36-87-64-26-24-62-60(61(62)23-25-63(64)86)22-14-6-5-10-21-42-122-126-113-4/h59-62,65-67,72-80,82-84,87,96-98,106-111,126H,5-55,86H2,1-4H3,(H,88,102)(H,89,103)(H,90,104)(H,91,99)(H,92,100)(H,93,101)(H,94,112)/b64-63-. The molecule has 19 unspecified atom stereocenters. The first-order valence-electron chi connectivity index (χ1n) is 45.8. The summed E-state index contributed by atoms with van der Waals surface area (Å²) in [7, 11) is 1.77. The lowest BCUT2D eigenvalue weighted by molar-refractivity contribution is -0.270. The number of carbonyl (C=O) groups is 8. The van der Waals surface area contributed by atoms with E-state index < -0.39 is 141 Å². The molecule has 0 aromatic rings. The summed E-state index contributed by atoms with van der Waals surface area (Å²) in [5.74, 6) is -1.01. The molecule has 0 aromatic heterocycles. The van der Waals surface area contributed by atoms with Crippen LogP contribution in [0.3, 0.4) is 0 Å². The molecule has 126 heavy (non-hydrogen) atoms. The minimum absolute atomic E-state index is 0.0698. The first kappa shape index (κ1) is 109. The number of ether oxygens (including phenoxy) is 11. The number of rotatable bonds is 67. The number of hydrogen-bond acceptors (Lipinski definition) is 32. The average Bonchev–Trinajstić information content (AvgIpc) is 1.63. The molecule has 40 nitrogen and oxygen atoms in total. The smallest absolute Gasteiger partial charge is 0.224 e. The van der Waals surface area contributed by atoms with Gasteiger partial charge in [-0.1, -0.05) is 64.2 Å². The van der Waals surface area contributed by atoms with Crippen LogP contribution in [0.4, 0.5) is 0 Å². The predicted octanol–water partition coefficient (Wildman–Crippen LogP) is -0.658. The topological polar surface area (TPSA) is 564 Å². The van der Waals surface area contributed by atoms with Crippen LogP contribution in [0.25, 0.3) is 0 Å². The van der Waals surface area contributed by atoms with E-state index in [0.29, 0.717) is 149 Å². The van der Waals surface area contributed by atoms with Crippen molar-refractivity contribution in [3.63, 3.8) is 0 Å². The summed E-state index contributed by atoms with van der Waals surface area (Å²) in [4.78, 5) is 105. The highest BCUT2D eigenvalue weighted by atomic mass is 31.1. The van der Waals surface area contributed by atoms with Crippen molar-refractivity contribution in [2.75, 3.05) is 159 Å². The average molecular weight is 1830 g/mol. The Labute approximate surface area is 743 Å². The molecule has 728 valence electrons. The third kappa shape index (κ3) is 41.2. The summed E-state index contributed by atoms with van der Waals surface area (Å²) >= 11 is 0. The summed E-state index contributed by atoms with van der Waals surface area (Å²) in [6.45, 7) is 5.88. The van der Waals surface area contributed by atoms with E-state index in [9.17, 15) is 84.3 Å². The molecule has 4 aliphatic heterocycles. The number of amides is 8. The van der Waals surface area contributed by atoms with Gasteiger partial charge in [0.1, 0.15) is 78.6 Å². The minimum atomic E-state index is -1.45. The molecule has 4 saturated heterocycles. The summed E-state index contributed by atoms with van der Waals surface area (Å²) in [5, 5.41) is 115. The van der Waals surface area contributed by atoms with Crippen LogP contribution in [0.2, 0.25) is 0 Å². The third-order valence-corrected chi connectivity index (χ3v) is 24.1. The highest BCUT2D eigenvalue weighted by molar-refractivity contribution is 7.26. The van der Waals surface area contributed by atoms with E-state index in [4.69, 9.17) is 66.9 Å². The van der Waals surface area contributed by atoms with Gasteiger partial charge in [0.25, 0.3) is 0 Å². The number of fused-ring (bicyclic) bond motifs is 1. The van der Waals surface area contributed by atoms with Gasteiger partial charge in [-0.2, -0.15) is 0 Å². The van der Waals surface area contributed by atoms with Gasteiger partial charge >= 0.3 is 0 Å². The van der Waals surface area contributed by atoms with Gasteiger partial charge in [0, 0.05) is 124 Å². The Kier molecular flexibility index (Phi) is 54.6. The van der Waals surface area contributed by atoms with E-state index >= 15 is 0 Å². The second kappa shape index (κ2) is 62.9. The second-order valence-corrected chi connectivity index (χ2v) is 34.6. The first-order chi connectivity index (χ1) is 60.8. The quantitative estimate of drug-likeness (QED) is 0.0266. The lowest BCUT2D eigenvalue weighted by Gasteiger charge is -2.42. The molecule has 8 amide bonds. The number of aliphatic hydroxyl groups excluding tert-OH is 9. The Bertz CT molecular complexity index is 2920. The molecule has 0 spiro atoms. The van der Waals surface area contributed by atoms with E-state index in [1.165, 1.54) is 52.9 Å². The first-order valence-corrected chi connectivity index (χ1v) is 46.6. The van der Waals surface area contributed by atoms with E-state index in [0.717, 1.165) is 67.9 Å². The largest absolute Gasteiger partial charge is 0.401 e. The Morgan fingerprint density at radius 1 is 0.444 bits per heavy atom. The predicted molar refractivity (Wildman–Crippen MR) is 458 cm³/mol. The molecule has 41 heteroatoms. The number of aliphatic hydroxyl groups is 9. The summed E-state index contributed by atoms with van der Waals surface area (Å²) in [6.07, 6.45) is 4.40. The van der Waals surface area contributed by atoms with Gasteiger partial charge in [0.2, 0.25) is 47.3 Å². The second-order valence-electron chi connectivity index (χ2n) is 33.7. The van der Waals surface area contributed by atoms with Crippen molar-refractivity contribution < 1.29 is 145 Å². The lowest BCUT2D eigenvalue weighted by atomic mass is 9.93. The van der Waals surface area contributed by atoms with E-state index in [1.807, 2.05) is 0 Å². The van der Waals surface area contributed by atoms with Gasteiger partial charge in [-0.3, -0.25) is 38.4 Å². The maximum absolute atomic E-state index is 14.7. The van der Waals surface area contributed by atoms with Gasteiger partial charge in [-0.15, -0.1) is 0 Å². The van der Waals surface area contributed by atoms with Gasteiger partial charge in [0.15, 0.2) is 27.9 Å². The zero-order valence-corrected chi connectivity index (χ0v) is 75.7. The van der Waals surface area contributed by atoms with Crippen molar-refractivity contribution in [1.82, 2.24) is 47.4 Å². The van der Waals surface area contributed by atoms with Crippen molar-refractivity contribution in [1.29, 1.82) is 0 Å². The van der Waals surface area contributed by atoms with E-state index in [1.54, 1.807) is 12.0 Å². The number of carbonyl (C=O) groups excluding carboxylic acids is 8. The van der Waals surface area contributed by atoms with Crippen LogP contribution in [0, 0.1) is 23.7 Å². The fourth-order valence-corrected chi connectivity index (χ4v) is 16.8. The van der Waals surface area contributed by atoms with Gasteiger partial charge in [-0.05, 0) is 108 Å². The zero-order chi connectivity index (χ0) is 91.4. The van der Waals surface area contributed by atoms with Crippen LogP contribution in [-0.2, 0) is 99.5 Å². The van der Waals surface area contributed by atoms with Crippen LogP contribution >= 0.6 is 9.03 Å². The molecule has 6 aliphatic rings. The third-order valence-electron chi connectivity index (χ3n) is 23.7. The van der Waals surface area contributed by atoms with Gasteiger partial charge < -0.3 is 160 Å². The normalized spacial score (nSPS) is 27.5. The number of nitrogens with two attached hydrogens (primary N) is 1. The fraction of sp³-hybridized carbons (Fsp3) is 0.882. The molecule has 2 aliphatic carbocycles. The summed E-state index contributed by atoms with van der Waals surface area (Å²) < 4.78 is 75.2. The molecule has 5 fully saturated rings. The van der Waals surface area contributed by atoms with E-state index in [-0.39, 0.29) is 130 Å². The SMILES string of the molecule is COPOCCCCCCCC1C2CC/C(N)=C(/NCCOCCOCCC(=O)N3CCC(C(=O)NC(COCCC(=O)NCCCCCCOC4OC(CO)C(O)C(O)C4NC(C)=O)(COCCC(=O)NCCCCCCOC4OC(CO)C(O)C(O)C4NC(C)=O)COCCC(=O)NCCCCCCOC4OC(CO)C(O)C(O)C4NC(C)=O)CC3)CCC12. The molecule has 4 heterocycles. The van der Waals surface area contributed by atoms with Crippen molar-refractivity contribution in [2.24, 2.45) is 29.4 Å². The molecule has 1 saturated carbocycles. The van der Waals surface area contributed by atoms with Crippen LogP contribution in [0.1, 0.15) is 201 Å². The number of unbranched alkanes of at least 4 members (excludes halogenated alkanes) is 13. The molecule has 6 rings (SSSR count). The van der Waals surface area contributed by atoms with Crippen LogP contribution in [-0.4, -0.2) is 354 Å². The number of nitrogens with one attached hydrogen (secondary N) is 8. The van der Waals surface area contributed by atoms with Gasteiger partial charge in [-0.25, -0.2) is 0 Å². The molecule has 19 atom stereocenters. The van der Waals surface area contributed by atoms with Crippen molar-refractivity contribution >= 4 is 56.3 Å². The summed E-state index contributed by atoms with van der Waals surface area (Å²) in [5.41, 5.74) is 7.23. The Balaban J connectivity index is 0.984. The van der Waals surface area contributed by atoms with Crippen molar-refractivity contribution in [2.45, 2.75) is 298 Å². The maximum Gasteiger partial charge on any atom is 0.224 e. The molecular weight excluding hydrogens is 1670 g/mol. The van der Waals surface area contributed by atoms with Gasteiger partial charge in [0.05, 0.1) is 98.9 Å². The molecule has 0 bridgehead atoms. The van der Waals surface area contributed by atoms with E-state index in [2.05, 4.69) is 42.5 Å². The van der Waals surface area contributed by atoms with Crippen LogP contribution in [0.15, 0.2) is 11.4 Å². The Hall–Kier alpha value is -5.35. The number of likely N-dealkylation sites (tertiary alicyclic amines) is 1.